The van der Waals surface area contributed by atoms with E-state index in [2.05, 4.69) is 10.6 Å². The summed E-state index contributed by atoms with van der Waals surface area (Å²) in [7, 11) is 5.31. The van der Waals surface area contributed by atoms with Gasteiger partial charge in [0.1, 0.15) is 29.0 Å². The topological polar surface area (TPSA) is 201 Å². The number of hydrogen-bond donors (Lipinski definition) is 7. The van der Waals surface area contributed by atoms with Crippen LogP contribution in [0.25, 0.3) is 0 Å². The van der Waals surface area contributed by atoms with Gasteiger partial charge in [0.05, 0.1) is 42.0 Å². The highest BCUT2D eigenvalue weighted by atomic mass is 16.7. The van der Waals surface area contributed by atoms with Crippen molar-refractivity contribution >= 4 is 5.97 Å². The maximum Gasteiger partial charge on any atom is 0.311 e. The number of esters is 1. The number of aliphatic hydroxyl groups excluding tert-OH is 2. The normalized spacial score (nSPS) is 45.2. The van der Waals surface area contributed by atoms with Gasteiger partial charge in [0, 0.05) is 38.1 Å². The van der Waals surface area contributed by atoms with Crippen LogP contribution < -0.4 is 10.6 Å². The molecular formula is C41H79N3O12. The van der Waals surface area contributed by atoms with Crippen LogP contribution in [0, 0.1) is 17.8 Å². The minimum absolute atomic E-state index is 0.0928. The molecule has 15 heteroatoms. The Labute approximate surface area is 336 Å². The number of carbonyl (C=O) groups is 1. The van der Waals surface area contributed by atoms with Crippen LogP contribution in [0.5, 0.6) is 0 Å². The van der Waals surface area contributed by atoms with E-state index in [0.29, 0.717) is 19.5 Å². The van der Waals surface area contributed by atoms with Crippen LogP contribution in [0.4, 0.5) is 0 Å². The first kappa shape index (κ1) is 49.3. The number of aliphatic hydroxyl groups is 5. The van der Waals surface area contributed by atoms with Crippen molar-refractivity contribution in [3.63, 3.8) is 0 Å². The van der Waals surface area contributed by atoms with Crippen LogP contribution in [-0.2, 0) is 33.2 Å². The van der Waals surface area contributed by atoms with Crippen molar-refractivity contribution in [2.24, 2.45) is 17.8 Å². The number of nitrogens with one attached hydrogen (secondary N) is 2. The average Bonchev–Trinajstić information content (AvgIpc) is 3.12. The highest BCUT2D eigenvalue weighted by Gasteiger charge is 2.58. The highest BCUT2D eigenvalue weighted by molar-refractivity contribution is 5.73. The molecule has 7 N–H and O–H groups in total. The van der Waals surface area contributed by atoms with Crippen LogP contribution in [-0.4, -0.2) is 167 Å². The second-order valence-electron chi connectivity index (χ2n) is 18.2. The lowest BCUT2D eigenvalue weighted by Crippen LogP contribution is -2.70. The minimum Gasteiger partial charge on any atom is -0.457 e. The Morgan fingerprint density at radius 3 is 2.27 bits per heavy atom. The number of likely N-dealkylation sites (N-methyl/N-ethyl adjacent to an activating group) is 1. The van der Waals surface area contributed by atoms with Gasteiger partial charge in [-0.05, 0) is 107 Å². The summed E-state index contributed by atoms with van der Waals surface area (Å²) in [5, 5.41) is 65.4. The van der Waals surface area contributed by atoms with E-state index in [0.717, 1.165) is 6.42 Å². The van der Waals surface area contributed by atoms with Gasteiger partial charge in [-0.2, -0.15) is 0 Å². The van der Waals surface area contributed by atoms with E-state index in [9.17, 15) is 30.3 Å². The van der Waals surface area contributed by atoms with E-state index in [-0.39, 0.29) is 43.9 Å². The van der Waals surface area contributed by atoms with Crippen molar-refractivity contribution < 1.29 is 58.7 Å². The van der Waals surface area contributed by atoms with Gasteiger partial charge in [-0.3, -0.25) is 4.79 Å². The first-order chi connectivity index (χ1) is 25.9. The zero-order chi connectivity index (χ0) is 42.6. The Kier molecular flexibility index (Phi) is 17.6. The minimum atomic E-state index is -1.81. The van der Waals surface area contributed by atoms with E-state index in [1.807, 2.05) is 53.6 Å². The molecule has 0 aromatic carbocycles. The molecule has 330 valence electrons. The smallest absolute Gasteiger partial charge is 0.311 e. The number of rotatable bonds is 13. The number of carbonyl (C=O) groups excluding carboxylic acids is 1. The molecule has 0 radical (unpaired) electrons. The molecule has 3 fully saturated rings. The standard InChI is InChI=1S/C41H79N3O12/c1-15-17-42-22-41(50)28(8)53-31(20-39(41,10)51-14)54-33-25(5)34(56-37-32(46)29(44(12)13)18-24(4)52-37)38(9,48)19-23(3)21-43-27(7)35(55-36(47)26(33)6)40(11,49)30(45)16-2/h23-35,37,42-43,45-46,48-50H,15-22H2,1-14H3/t23-,24-,25+,26-,27-,28+,29+,30-,31+,32-,33+,34-,35?,37+,38?,39-,40-,41+/m1/s1. The van der Waals surface area contributed by atoms with Gasteiger partial charge >= 0.3 is 5.97 Å². The van der Waals surface area contributed by atoms with Crippen LogP contribution >= 0.6 is 0 Å². The molecule has 0 amide bonds. The summed E-state index contributed by atoms with van der Waals surface area (Å²) < 4.78 is 38.4. The van der Waals surface area contributed by atoms with Crippen molar-refractivity contribution in [2.75, 3.05) is 40.8 Å². The third kappa shape index (κ3) is 11.0. The maximum absolute atomic E-state index is 14.5. The fraction of sp³-hybridized carbons (Fsp3) is 0.976. The van der Waals surface area contributed by atoms with Crippen molar-refractivity contribution in [1.29, 1.82) is 0 Å². The van der Waals surface area contributed by atoms with Gasteiger partial charge in [0.15, 0.2) is 12.6 Å². The Morgan fingerprint density at radius 2 is 1.70 bits per heavy atom. The largest absolute Gasteiger partial charge is 0.457 e. The quantitative estimate of drug-likeness (QED) is 0.105. The van der Waals surface area contributed by atoms with Crippen LogP contribution in [0.2, 0.25) is 0 Å². The number of cyclic esters (lactones) is 1. The summed E-state index contributed by atoms with van der Waals surface area (Å²) in [6.07, 6.45) is -6.62. The summed E-state index contributed by atoms with van der Waals surface area (Å²) in [6, 6.07) is -0.875. The fourth-order valence-electron chi connectivity index (χ4n) is 9.21. The van der Waals surface area contributed by atoms with E-state index < -0.39 is 95.5 Å². The number of hydrogen-bond acceptors (Lipinski definition) is 15. The molecule has 0 spiro atoms. The molecule has 56 heavy (non-hydrogen) atoms. The summed E-state index contributed by atoms with van der Waals surface area (Å²) in [5.41, 5.74) is -5.93. The molecule has 18 atom stereocenters. The number of ether oxygens (including phenoxy) is 6. The maximum atomic E-state index is 14.5. The number of nitrogens with zero attached hydrogens (tertiary/aromatic N) is 1. The zero-order valence-electron chi connectivity index (χ0n) is 36.8. The van der Waals surface area contributed by atoms with Gasteiger partial charge in [-0.15, -0.1) is 0 Å². The predicted octanol–water partition coefficient (Wildman–Crippen LogP) is 1.93. The Balaban J connectivity index is 2.16. The second-order valence-corrected chi connectivity index (χ2v) is 18.2. The molecule has 3 heterocycles. The summed E-state index contributed by atoms with van der Waals surface area (Å²) in [5.74, 6) is -2.67. The van der Waals surface area contributed by atoms with Crippen LogP contribution in [0.15, 0.2) is 0 Å². The van der Waals surface area contributed by atoms with Crippen LogP contribution in [0.3, 0.4) is 0 Å². The molecule has 3 saturated heterocycles. The molecule has 0 bridgehead atoms. The highest BCUT2D eigenvalue weighted by Crippen LogP contribution is 2.43. The molecule has 3 rings (SSSR count). The van der Waals surface area contributed by atoms with Crippen molar-refractivity contribution in [1.82, 2.24) is 15.5 Å². The fourth-order valence-corrected chi connectivity index (χ4v) is 9.21. The average molecular weight is 806 g/mol. The van der Waals surface area contributed by atoms with Gasteiger partial charge in [-0.25, -0.2) is 0 Å². The SMILES string of the molecule is CCCNC[C@]1(O)[C@H](C)O[C@@H](O[C@H]2[C@H](C)[C@@H](O[C@@H]3O[C@H](C)C[C@H](N(C)C)[C@H]3O)C(C)(O)C[C@@H](C)CN[C@H](C)C([C@](C)(O)[C@H](O)CC)OC(=O)[C@@H]2C)C[C@@]1(C)OC. The van der Waals surface area contributed by atoms with Gasteiger partial charge < -0.3 is 69.5 Å². The zero-order valence-corrected chi connectivity index (χ0v) is 36.8. The van der Waals surface area contributed by atoms with Gasteiger partial charge in [-0.1, -0.05) is 27.7 Å². The lowest BCUT2D eigenvalue weighted by atomic mass is 9.75. The molecule has 2 unspecified atom stereocenters. The Bertz CT molecular complexity index is 1230. The van der Waals surface area contributed by atoms with E-state index in [4.69, 9.17) is 28.4 Å². The second kappa shape index (κ2) is 20.0. The third-order valence-corrected chi connectivity index (χ3v) is 13.0. The third-order valence-electron chi connectivity index (χ3n) is 13.0. The molecule has 0 aromatic heterocycles. The monoisotopic (exact) mass is 806 g/mol. The van der Waals surface area contributed by atoms with Crippen molar-refractivity contribution in [3.8, 4) is 0 Å². The lowest BCUT2D eigenvalue weighted by Gasteiger charge is -2.53. The molecular weight excluding hydrogens is 726 g/mol. The van der Waals surface area contributed by atoms with Crippen molar-refractivity contribution in [2.45, 2.75) is 198 Å². The first-order valence-corrected chi connectivity index (χ1v) is 20.9. The number of methoxy groups -OCH3 is 1. The van der Waals surface area contributed by atoms with E-state index >= 15 is 0 Å². The predicted molar refractivity (Wildman–Crippen MR) is 212 cm³/mol. The Hall–Kier alpha value is -1.05. The van der Waals surface area contributed by atoms with Gasteiger partial charge in [0.25, 0.3) is 0 Å². The first-order valence-electron chi connectivity index (χ1n) is 20.9. The van der Waals surface area contributed by atoms with Crippen molar-refractivity contribution in [3.05, 3.63) is 0 Å². The molecule has 0 saturated carbocycles. The van der Waals surface area contributed by atoms with E-state index in [1.165, 1.54) is 14.0 Å². The lowest BCUT2D eigenvalue weighted by molar-refractivity contribution is -0.336. The summed E-state index contributed by atoms with van der Waals surface area (Å²) in [6.45, 7) is 20.9. The van der Waals surface area contributed by atoms with Gasteiger partial charge in [0.2, 0.25) is 0 Å². The summed E-state index contributed by atoms with van der Waals surface area (Å²) in [4.78, 5) is 16.4. The molecule has 15 nitrogen and oxygen atoms in total. The van der Waals surface area contributed by atoms with E-state index in [1.54, 1.807) is 34.6 Å². The Morgan fingerprint density at radius 1 is 1.05 bits per heavy atom. The summed E-state index contributed by atoms with van der Waals surface area (Å²) >= 11 is 0. The molecule has 3 aliphatic heterocycles. The molecule has 3 aliphatic rings. The van der Waals surface area contributed by atoms with Crippen LogP contribution in [0.1, 0.15) is 108 Å². The molecule has 0 aromatic rings. The molecule has 0 aliphatic carbocycles.